The van der Waals surface area contributed by atoms with Crippen LogP contribution in [0.4, 0.5) is 34.6 Å². The number of nitrogens with one attached hydrogen (secondary N) is 3. The summed E-state index contributed by atoms with van der Waals surface area (Å²) < 4.78 is 56.9. The number of hydrogen-bond acceptors (Lipinski definition) is 11. The van der Waals surface area contributed by atoms with E-state index in [1.807, 2.05) is 31.2 Å². The van der Waals surface area contributed by atoms with Crippen LogP contribution in [0.25, 0.3) is 21.7 Å². The molecular weight excluding hydrogens is 1020 g/mol. The number of anilines is 3. The van der Waals surface area contributed by atoms with Crippen molar-refractivity contribution in [2.24, 2.45) is 5.41 Å². The molecule has 0 bridgehead atoms. The van der Waals surface area contributed by atoms with Gasteiger partial charge in [0.2, 0.25) is 17.7 Å². The number of likely N-dealkylation sites (tertiary alicyclic amines) is 1. The Bertz CT molecular complexity index is 3280. The summed E-state index contributed by atoms with van der Waals surface area (Å²) in [5.74, 6) is -4.41. The summed E-state index contributed by atoms with van der Waals surface area (Å²) in [5.41, 5.74) is 1.60. The molecule has 4 N–H and O–H groups in total. The van der Waals surface area contributed by atoms with E-state index < -0.39 is 81.6 Å². The smallest absolute Gasteiger partial charge is 0.391 e. The lowest BCUT2D eigenvalue weighted by molar-refractivity contribution is -0.142. The zero-order valence-electron chi connectivity index (χ0n) is 42.0. The average Bonchev–Trinajstić information content (AvgIpc) is 4.08. The highest BCUT2D eigenvalue weighted by atomic mass is 32.1. The third kappa shape index (κ3) is 11.2. The number of aryl methyl sites for hydroxylation is 1. The minimum Gasteiger partial charge on any atom is -0.391 e. The highest BCUT2D eigenvalue weighted by molar-refractivity contribution is 7.81. The van der Waals surface area contributed by atoms with Crippen molar-refractivity contribution in [1.29, 1.82) is 5.26 Å². The van der Waals surface area contributed by atoms with Crippen LogP contribution in [0.15, 0.2) is 109 Å². The van der Waals surface area contributed by atoms with Gasteiger partial charge in [-0.15, -0.1) is 11.3 Å². The summed E-state index contributed by atoms with van der Waals surface area (Å²) in [4.78, 5) is 81.4. The van der Waals surface area contributed by atoms with Crippen LogP contribution in [0.5, 0.6) is 0 Å². The largest absolute Gasteiger partial charge is 0.420 e. The number of pyridine rings is 1. The van der Waals surface area contributed by atoms with Crippen LogP contribution in [0.1, 0.15) is 79.3 Å². The average molecular weight is 1070 g/mol. The lowest BCUT2D eigenvalue weighted by atomic mass is 9.85. The van der Waals surface area contributed by atoms with Crippen LogP contribution < -0.4 is 25.8 Å². The maximum Gasteiger partial charge on any atom is 0.420 e. The fourth-order valence-electron chi connectivity index (χ4n) is 9.12. The maximum absolute atomic E-state index is 15.5. The van der Waals surface area contributed by atoms with Crippen LogP contribution in [0.3, 0.4) is 0 Å². The van der Waals surface area contributed by atoms with Crippen molar-refractivity contribution in [3.8, 4) is 27.8 Å². The molecule has 4 aromatic carbocycles. The lowest BCUT2D eigenvalue weighted by Gasteiger charge is -2.35. The standard InChI is InChI=1S/C55H51F4N9O6S2/c1-30-46(76-29-63-30)34-11-9-32(10-12-34)26-62-49(72)42-24-39(69)28-66(42)50(73)47(53(2,3)4)65-48(71)35-13-7-31(8-14-35)23-43(70)64-37-18-15-33(16-19-37)40-21-20-38(27-61-40)68-52(75)67(51(74)54(68,5)6)41-22-17-36(25-60)44(45(41)56)55(57,58)59/h7-22,27,29,39,42,47,69H,23-24,26,28H2,1-6H3,(H,62,72)(H,64,70)(H,65,71)/t39-,42+,47-/m1/s1. The zero-order chi connectivity index (χ0) is 55.0. The number of nitriles is 1. The highest BCUT2D eigenvalue weighted by Gasteiger charge is 2.52. The van der Waals surface area contributed by atoms with Gasteiger partial charge in [-0.3, -0.25) is 33.9 Å². The molecule has 0 aliphatic carbocycles. The van der Waals surface area contributed by atoms with E-state index in [4.69, 9.17) is 12.2 Å². The molecule has 2 fully saturated rings. The third-order valence-corrected chi connectivity index (χ3v) is 14.5. The Morgan fingerprint density at radius 2 is 1.58 bits per heavy atom. The number of rotatable bonds is 13. The van der Waals surface area contributed by atoms with Crippen LogP contribution in [0, 0.1) is 29.5 Å². The number of halogens is 4. The van der Waals surface area contributed by atoms with Crippen LogP contribution in [-0.2, 0) is 38.3 Å². The van der Waals surface area contributed by atoms with Crippen molar-refractivity contribution in [1.82, 2.24) is 25.5 Å². The second-order valence-corrected chi connectivity index (χ2v) is 21.2. The summed E-state index contributed by atoms with van der Waals surface area (Å²) in [6, 6.07) is 25.1. The molecule has 2 aliphatic heterocycles. The quantitative estimate of drug-likeness (QED) is 0.0637. The van der Waals surface area contributed by atoms with Crippen molar-refractivity contribution in [2.45, 2.75) is 90.8 Å². The molecule has 3 atom stereocenters. The van der Waals surface area contributed by atoms with Crippen molar-refractivity contribution >= 4 is 75.3 Å². The molecule has 8 rings (SSSR count). The van der Waals surface area contributed by atoms with Crippen LogP contribution in [-0.4, -0.2) is 84.9 Å². The minimum absolute atomic E-state index is 0.0374. The normalized spacial score (nSPS) is 16.8. The van der Waals surface area contributed by atoms with E-state index in [0.29, 0.717) is 33.1 Å². The number of carbonyl (C=O) groups excluding carboxylic acids is 5. The Kier molecular flexibility index (Phi) is 15.3. The molecule has 0 spiro atoms. The number of alkyl halides is 3. The molecule has 76 heavy (non-hydrogen) atoms. The zero-order valence-corrected chi connectivity index (χ0v) is 43.6. The lowest BCUT2D eigenvalue weighted by Crippen LogP contribution is -2.57. The van der Waals surface area contributed by atoms with Crippen molar-refractivity contribution in [2.75, 3.05) is 21.7 Å². The van der Waals surface area contributed by atoms with Gasteiger partial charge in [0.1, 0.15) is 23.2 Å². The molecule has 6 aromatic rings. The minimum atomic E-state index is -5.22. The number of carbonyl (C=O) groups is 5. The number of aliphatic hydroxyl groups is 1. The molecule has 0 saturated carbocycles. The van der Waals surface area contributed by atoms with Gasteiger partial charge in [0.05, 0.1) is 63.5 Å². The van der Waals surface area contributed by atoms with Crippen molar-refractivity contribution < 1.29 is 46.6 Å². The van der Waals surface area contributed by atoms with Crippen molar-refractivity contribution in [3.05, 3.63) is 148 Å². The Hall–Kier alpha value is -7.93. The first-order chi connectivity index (χ1) is 35.9. The molecule has 2 aliphatic rings. The fourth-order valence-corrected chi connectivity index (χ4v) is 10.4. The Morgan fingerprint density at radius 1 is 0.921 bits per heavy atom. The van der Waals surface area contributed by atoms with E-state index in [0.717, 1.165) is 33.8 Å². The van der Waals surface area contributed by atoms with E-state index in [-0.39, 0.29) is 42.5 Å². The monoisotopic (exact) mass is 1070 g/mol. The number of aliphatic hydroxyl groups excluding tert-OH is 1. The van der Waals surface area contributed by atoms with Gasteiger partial charge in [-0.1, -0.05) is 69.3 Å². The first kappa shape index (κ1) is 54.3. The number of hydrogen-bond donors (Lipinski definition) is 4. The molecule has 21 heteroatoms. The topological polar surface area (TPSA) is 201 Å². The molecule has 4 heterocycles. The van der Waals surface area contributed by atoms with Gasteiger partial charge in [0.25, 0.3) is 11.8 Å². The van der Waals surface area contributed by atoms with Gasteiger partial charge in [-0.05, 0) is 104 Å². The number of thiocarbonyl (C=S) groups is 1. The van der Waals surface area contributed by atoms with Gasteiger partial charge >= 0.3 is 6.18 Å². The molecule has 392 valence electrons. The third-order valence-electron chi connectivity index (χ3n) is 13.2. The first-order valence-electron chi connectivity index (χ1n) is 23.9. The van der Waals surface area contributed by atoms with E-state index >= 15 is 4.39 Å². The molecular formula is C55H51F4N9O6S2. The summed E-state index contributed by atoms with van der Waals surface area (Å²) in [6.45, 7) is 10.4. The Balaban J connectivity index is 0.852. The number of amides is 5. The summed E-state index contributed by atoms with van der Waals surface area (Å²) in [7, 11) is 0. The second kappa shape index (κ2) is 21.4. The highest BCUT2D eigenvalue weighted by Crippen LogP contribution is 2.42. The van der Waals surface area contributed by atoms with Gasteiger partial charge in [-0.2, -0.15) is 18.4 Å². The number of aromatic nitrogens is 2. The number of benzene rings is 4. The van der Waals surface area contributed by atoms with Gasteiger partial charge in [-0.25, -0.2) is 9.37 Å². The van der Waals surface area contributed by atoms with E-state index in [2.05, 4.69) is 25.9 Å². The first-order valence-corrected chi connectivity index (χ1v) is 25.2. The van der Waals surface area contributed by atoms with E-state index in [1.165, 1.54) is 35.9 Å². The summed E-state index contributed by atoms with van der Waals surface area (Å²) in [6.07, 6.45) is -4.73. The molecule has 2 saturated heterocycles. The number of thiazole rings is 1. The number of β-amino-alcohol motifs (C(OH)–C–C–N with tert-alkyl or cyclic N) is 1. The summed E-state index contributed by atoms with van der Waals surface area (Å²) >= 11 is 7.09. The molecule has 0 unspecified atom stereocenters. The van der Waals surface area contributed by atoms with Crippen LogP contribution >= 0.6 is 23.6 Å². The Morgan fingerprint density at radius 3 is 2.17 bits per heavy atom. The van der Waals surface area contributed by atoms with Gasteiger partial charge in [0, 0.05) is 36.3 Å². The van der Waals surface area contributed by atoms with E-state index in [9.17, 15) is 47.5 Å². The molecule has 5 amide bonds. The Labute approximate surface area is 444 Å². The summed E-state index contributed by atoms with van der Waals surface area (Å²) in [5, 5.41) is 28.2. The van der Waals surface area contributed by atoms with Gasteiger partial charge in [0.15, 0.2) is 10.9 Å². The van der Waals surface area contributed by atoms with Crippen molar-refractivity contribution in [3.63, 3.8) is 0 Å². The fraction of sp³-hybridized carbons (Fsp3) is 0.291. The van der Waals surface area contributed by atoms with E-state index in [1.54, 1.807) is 98.3 Å². The molecule has 15 nitrogen and oxygen atoms in total. The van der Waals surface area contributed by atoms with Crippen LogP contribution in [0.2, 0.25) is 0 Å². The molecule has 2 aromatic heterocycles. The predicted octanol–water partition coefficient (Wildman–Crippen LogP) is 8.73. The van der Waals surface area contributed by atoms with Gasteiger partial charge < -0.3 is 30.9 Å². The maximum atomic E-state index is 15.5. The predicted molar refractivity (Wildman–Crippen MR) is 282 cm³/mol. The SMILES string of the molecule is Cc1ncsc1-c1ccc(CNC(=O)[C@@H]2C[C@@H](O)CN2C(=O)[C@@H](NC(=O)c2ccc(CC(=O)Nc3ccc(-c4ccc(N5C(=S)N(c6ccc(C#N)c(C(F)(F)F)c6F)C(=O)C5(C)C)cn4)cc3)cc2)C(C)(C)C)cc1. The second-order valence-electron chi connectivity index (χ2n) is 20.0. The molecule has 0 radical (unpaired) electrons. The number of nitrogens with zero attached hydrogens (tertiary/aromatic N) is 6.